The van der Waals surface area contributed by atoms with Crippen LogP contribution in [0, 0.1) is 0 Å². The van der Waals surface area contributed by atoms with Gasteiger partial charge in [-0.05, 0) is 24.1 Å². The molecule has 0 spiro atoms. The first-order valence-corrected chi connectivity index (χ1v) is 9.52. The fraction of sp³-hybridized carbons (Fsp3) is 0.235. The van der Waals surface area contributed by atoms with Crippen molar-refractivity contribution >= 4 is 39.2 Å². The Morgan fingerprint density at radius 2 is 2.28 bits per heavy atom. The summed E-state index contributed by atoms with van der Waals surface area (Å²) in [6.07, 6.45) is 0.986. The number of rotatable bonds is 7. The van der Waals surface area contributed by atoms with Crippen molar-refractivity contribution in [3.05, 3.63) is 40.0 Å². The number of nitrogens with two attached hydrogens (primary N) is 1. The van der Waals surface area contributed by atoms with Crippen molar-refractivity contribution < 1.29 is 9.53 Å². The molecule has 6 nitrogen and oxygen atoms in total. The molecule has 1 amide bonds. The average molecular weight is 375 g/mol. The Balaban J connectivity index is 1.89. The molecule has 0 aliphatic heterocycles. The van der Waals surface area contributed by atoms with E-state index in [9.17, 15) is 9.59 Å². The lowest BCUT2D eigenvalue weighted by Crippen LogP contribution is -2.11. The summed E-state index contributed by atoms with van der Waals surface area (Å²) in [6, 6.07) is 7.59. The summed E-state index contributed by atoms with van der Waals surface area (Å²) in [7, 11) is 1.61. The maximum Gasteiger partial charge on any atom is 0.260 e. The van der Waals surface area contributed by atoms with Crippen LogP contribution in [0.25, 0.3) is 21.3 Å². The fourth-order valence-electron chi connectivity index (χ4n) is 2.42. The van der Waals surface area contributed by atoms with E-state index in [4.69, 9.17) is 10.5 Å². The molecule has 25 heavy (non-hydrogen) atoms. The van der Waals surface area contributed by atoms with Crippen LogP contribution in [-0.2, 0) is 4.79 Å². The van der Waals surface area contributed by atoms with E-state index in [0.717, 1.165) is 16.9 Å². The molecule has 0 fully saturated rings. The van der Waals surface area contributed by atoms with E-state index in [1.165, 1.54) is 23.1 Å². The second kappa shape index (κ2) is 7.71. The molecule has 2 heterocycles. The van der Waals surface area contributed by atoms with Crippen LogP contribution >= 0.6 is 23.1 Å². The van der Waals surface area contributed by atoms with Crippen LogP contribution in [0.2, 0.25) is 0 Å². The van der Waals surface area contributed by atoms with Crippen molar-refractivity contribution in [2.45, 2.75) is 18.0 Å². The van der Waals surface area contributed by atoms with Gasteiger partial charge in [-0.15, -0.1) is 11.3 Å². The number of aromatic nitrogens is 2. The van der Waals surface area contributed by atoms with Gasteiger partial charge in [0.05, 0.1) is 12.5 Å². The van der Waals surface area contributed by atoms with Gasteiger partial charge in [-0.3, -0.25) is 9.59 Å². The molecular weight excluding hydrogens is 358 g/mol. The van der Waals surface area contributed by atoms with Crippen molar-refractivity contribution in [1.82, 2.24) is 9.97 Å². The molecule has 1 aromatic carbocycles. The summed E-state index contributed by atoms with van der Waals surface area (Å²) < 4.78 is 5.25. The Hall–Kier alpha value is -2.32. The lowest BCUT2D eigenvalue weighted by molar-refractivity contribution is -0.118. The van der Waals surface area contributed by atoms with Crippen molar-refractivity contribution in [1.29, 1.82) is 0 Å². The number of thiophene rings is 1. The topological polar surface area (TPSA) is 98.1 Å². The van der Waals surface area contributed by atoms with Crippen molar-refractivity contribution in [2.75, 3.05) is 12.9 Å². The SMILES string of the molecule is COc1cccc(-c2csc3nc(SCCCC(N)=O)[nH]c(=O)c23)c1. The zero-order chi connectivity index (χ0) is 17.8. The zero-order valence-corrected chi connectivity index (χ0v) is 15.2. The highest BCUT2D eigenvalue weighted by Gasteiger charge is 2.13. The van der Waals surface area contributed by atoms with Gasteiger partial charge < -0.3 is 15.5 Å². The van der Waals surface area contributed by atoms with Gasteiger partial charge >= 0.3 is 0 Å². The number of fused-ring (bicyclic) bond motifs is 1. The predicted molar refractivity (Wildman–Crippen MR) is 101 cm³/mol. The highest BCUT2D eigenvalue weighted by Crippen LogP contribution is 2.33. The van der Waals surface area contributed by atoms with Crippen LogP contribution in [0.4, 0.5) is 0 Å². The molecule has 3 aromatic rings. The van der Waals surface area contributed by atoms with E-state index in [2.05, 4.69) is 9.97 Å². The first-order valence-electron chi connectivity index (χ1n) is 7.65. The number of hydrogen-bond acceptors (Lipinski definition) is 6. The third kappa shape index (κ3) is 4.02. The number of nitrogens with zero attached hydrogens (tertiary/aromatic N) is 1. The molecule has 0 atom stereocenters. The highest BCUT2D eigenvalue weighted by atomic mass is 32.2. The molecule has 3 N–H and O–H groups in total. The van der Waals surface area contributed by atoms with Gasteiger partial charge in [0.1, 0.15) is 10.6 Å². The van der Waals surface area contributed by atoms with Gasteiger partial charge in [0.25, 0.3) is 5.56 Å². The minimum Gasteiger partial charge on any atom is -0.497 e. The van der Waals surface area contributed by atoms with Gasteiger partial charge in [-0.1, -0.05) is 23.9 Å². The third-order valence-electron chi connectivity index (χ3n) is 3.61. The number of amides is 1. The standard InChI is InChI=1S/C17H17N3O3S2/c1-23-11-5-2-4-10(8-11)12-9-25-16-14(12)15(22)19-17(20-16)24-7-3-6-13(18)21/h2,4-5,8-9H,3,6-7H2,1H3,(H2,18,21)(H,19,20,22). The maximum absolute atomic E-state index is 12.5. The van der Waals surface area contributed by atoms with Gasteiger partial charge in [-0.2, -0.15) is 0 Å². The second-order valence-corrected chi connectivity index (χ2v) is 7.29. The first-order chi connectivity index (χ1) is 12.1. The number of methoxy groups -OCH3 is 1. The predicted octanol–water partition coefficient (Wildman–Crippen LogP) is 3.02. The minimum atomic E-state index is -0.321. The molecule has 0 aliphatic rings. The molecule has 3 rings (SSSR count). The smallest absolute Gasteiger partial charge is 0.260 e. The van der Waals surface area contributed by atoms with Crippen molar-refractivity contribution in [3.63, 3.8) is 0 Å². The maximum atomic E-state index is 12.5. The molecule has 0 saturated carbocycles. The molecule has 0 unspecified atom stereocenters. The quantitative estimate of drug-likeness (QED) is 0.376. The van der Waals surface area contributed by atoms with Crippen molar-refractivity contribution in [3.8, 4) is 16.9 Å². The Labute approximate surface area is 152 Å². The molecule has 8 heteroatoms. The largest absolute Gasteiger partial charge is 0.497 e. The molecule has 2 aromatic heterocycles. The third-order valence-corrected chi connectivity index (χ3v) is 5.44. The Bertz CT molecular complexity index is 965. The summed E-state index contributed by atoms with van der Waals surface area (Å²) in [5.41, 5.74) is 6.72. The summed E-state index contributed by atoms with van der Waals surface area (Å²) >= 11 is 2.85. The fourth-order valence-corrected chi connectivity index (χ4v) is 4.22. The molecule has 130 valence electrons. The molecule has 0 saturated heterocycles. The van der Waals surface area contributed by atoms with E-state index in [1.807, 2.05) is 29.6 Å². The Morgan fingerprint density at radius 3 is 3.04 bits per heavy atom. The number of ether oxygens (including phenoxy) is 1. The van der Waals surface area contributed by atoms with Gasteiger partial charge in [-0.25, -0.2) is 4.98 Å². The van der Waals surface area contributed by atoms with Crippen LogP contribution < -0.4 is 16.0 Å². The summed E-state index contributed by atoms with van der Waals surface area (Å²) in [5.74, 6) is 1.09. The van der Waals surface area contributed by atoms with Crippen LogP contribution in [0.15, 0.2) is 39.6 Å². The Morgan fingerprint density at radius 1 is 1.44 bits per heavy atom. The van der Waals surface area contributed by atoms with E-state index in [0.29, 0.717) is 34.0 Å². The first kappa shape index (κ1) is 17.5. The van der Waals surface area contributed by atoms with Crippen LogP contribution in [-0.4, -0.2) is 28.7 Å². The number of H-pyrrole nitrogens is 1. The normalized spacial score (nSPS) is 10.9. The number of nitrogens with one attached hydrogen (secondary N) is 1. The van der Waals surface area contributed by atoms with Gasteiger partial charge in [0.15, 0.2) is 5.16 Å². The molecular formula is C17H17N3O3S2. The molecule has 0 bridgehead atoms. The van der Waals surface area contributed by atoms with Crippen LogP contribution in [0.5, 0.6) is 5.75 Å². The minimum absolute atomic E-state index is 0.165. The summed E-state index contributed by atoms with van der Waals surface area (Å²) in [4.78, 5) is 31.3. The van der Waals surface area contributed by atoms with Crippen LogP contribution in [0.3, 0.4) is 0 Å². The number of primary amides is 1. The van der Waals surface area contributed by atoms with Crippen LogP contribution in [0.1, 0.15) is 12.8 Å². The summed E-state index contributed by atoms with van der Waals surface area (Å²) in [5, 5.41) is 3.07. The average Bonchev–Trinajstić information content (AvgIpc) is 3.03. The van der Waals surface area contributed by atoms with E-state index in [-0.39, 0.29) is 11.5 Å². The highest BCUT2D eigenvalue weighted by molar-refractivity contribution is 7.99. The molecule has 0 aliphatic carbocycles. The molecule has 0 radical (unpaired) electrons. The lowest BCUT2D eigenvalue weighted by Gasteiger charge is -2.04. The van der Waals surface area contributed by atoms with Gasteiger partial charge in [0.2, 0.25) is 5.91 Å². The number of benzene rings is 1. The number of carbonyl (C=O) groups is 1. The number of carbonyl (C=O) groups excluding carboxylic acids is 1. The van der Waals surface area contributed by atoms with Gasteiger partial charge in [0, 0.05) is 23.1 Å². The number of aromatic amines is 1. The van der Waals surface area contributed by atoms with Crippen molar-refractivity contribution in [2.24, 2.45) is 5.73 Å². The number of thioether (sulfide) groups is 1. The van der Waals surface area contributed by atoms with E-state index >= 15 is 0 Å². The lowest BCUT2D eigenvalue weighted by atomic mass is 10.1. The Kier molecular flexibility index (Phi) is 5.40. The van der Waals surface area contributed by atoms with E-state index < -0.39 is 0 Å². The summed E-state index contributed by atoms with van der Waals surface area (Å²) in [6.45, 7) is 0. The number of hydrogen-bond donors (Lipinski definition) is 2. The monoisotopic (exact) mass is 375 g/mol. The van der Waals surface area contributed by atoms with E-state index in [1.54, 1.807) is 7.11 Å². The second-order valence-electron chi connectivity index (χ2n) is 5.35. The zero-order valence-electron chi connectivity index (χ0n) is 13.6.